The maximum Gasteiger partial charge on any atom is 0.263 e. The topological polar surface area (TPSA) is 101 Å². The second kappa shape index (κ2) is 8.44. The molecule has 3 rings (SSSR count). The van der Waals surface area contributed by atoms with Crippen LogP contribution in [0.5, 0.6) is 0 Å². The molecule has 0 bridgehead atoms. The molecular formula is C19H17Cl2N3O4S. The molecule has 0 aliphatic heterocycles. The van der Waals surface area contributed by atoms with Crippen LogP contribution >= 0.6 is 23.2 Å². The molecule has 3 aromatic rings. The number of amides is 1. The Labute approximate surface area is 178 Å². The number of hydrogen-bond donors (Lipinski definition) is 2. The van der Waals surface area contributed by atoms with Crippen LogP contribution < -0.4 is 10.0 Å². The Balaban J connectivity index is 1.69. The van der Waals surface area contributed by atoms with Gasteiger partial charge in [0.1, 0.15) is 10.7 Å². The largest absolute Gasteiger partial charge is 0.361 e. The molecule has 0 fully saturated rings. The number of anilines is 1. The van der Waals surface area contributed by atoms with Gasteiger partial charge in [-0.25, -0.2) is 8.42 Å². The average Bonchev–Trinajstić information content (AvgIpc) is 2.99. The Morgan fingerprint density at radius 1 is 1.10 bits per heavy atom. The molecule has 0 aliphatic rings. The van der Waals surface area contributed by atoms with E-state index in [1.807, 2.05) is 0 Å². The summed E-state index contributed by atoms with van der Waals surface area (Å²) in [7, 11) is -3.93. The second-order valence-corrected chi connectivity index (χ2v) is 8.74. The number of nitrogens with one attached hydrogen (secondary N) is 2. The van der Waals surface area contributed by atoms with Crippen molar-refractivity contribution in [3.8, 4) is 0 Å². The van der Waals surface area contributed by atoms with E-state index in [0.717, 1.165) is 5.56 Å². The maximum absolute atomic E-state index is 12.5. The lowest BCUT2D eigenvalue weighted by Crippen LogP contribution is -2.23. The van der Waals surface area contributed by atoms with Gasteiger partial charge in [-0.1, -0.05) is 28.4 Å². The molecule has 1 heterocycles. The monoisotopic (exact) mass is 453 g/mol. The van der Waals surface area contributed by atoms with Crippen LogP contribution in [0.3, 0.4) is 0 Å². The highest BCUT2D eigenvalue weighted by molar-refractivity contribution is 7.92. The molecule has 10 heteroatoms. The number of carbonyl (C=O) groups is 1. The van der Waals surface area contributed by atoms with Crippen molar-refractivity contribution in [3.05, 3.63) is 75.1 Å². The van der Waals surface area contributed by atoms with Gasteiger partial charge in [0.2, 0.25) is 0 Å². The lowest BCUT2D eigenvalue weighted by molar-refractivity contribution is 0.0951. The van der Waals surface area contributed by atoms with Crippen LogP contribution in [-0.4, -0.2) is 19.5 Å². The van der Waals surface area contributed by atoms with Crippen molar-refractivity contribution in [1.82, 2.24) is 10.5 Å². The molecule has 0 spiro atoms. The van der Waals surface area contributed by atoms with E-state index in [1.165, 1.54) is 42.5 Å². The van der Waals surface area contributed by atoms with Crippen LogP contribution in [0, 0.1) is 13.8 Å². The molecule has 0 radical (unpaired) electrons. The van der Waals surface area contributed by atoms with E-state index < -0.39 is 10.0 Å². The Bertz CT molecular complexity index is 1140. The highest BCUT2D eigenvalue weighted by Crippen LogP contribution is 2.27. The van der Waals surface area contributed by atoms with Gasteiger partial charge in [-0.3, -0.25) is 9.52 Å². The third kappa shape index (κ3) is 4.90. The van der Waals surface area contributed by atoms with Crippen LogP contribution in [0.15, 0.2) is 51.9 Å². The maximum atomic E-state index is 12.5. The van der Waals surface area contributed by atoms with Crippen LogP contribution in [0.1, 0.15) is 27.4 Å². The van der Waals surface area contributed by atoms with E-state index in [9.17, 15) is 13.2 Å². The highest BCUT2D eigenvalue weighted by Gasteiger charge is 2.19. The summed E-state index contributed by atoms with van der Waals surface area (Å²) in [5, 5.41) is 6.92. The summed E-state index contributed by atoms with van der Waals surface area (Å²) in [6.45, 7) is 3.85. The van der Waals surface area contributed by atoms with Crippen molar-refractivity contribution in [2.24, 2.45) is 0 Å². The van der Waals surface area contributed by atoms with E-state index in [4.69, 9.17) is 27.7 Å². The van der Waals surface area contributed by atoms with Crippen molar-refractivity contribution in [3.63, 3.8) is 0 Å². The van der Waals surface area contributed by atoms with E-state index in [-0.39, 0.29) is 33.1 Å². The van der Waals surface area contributed by atoms with E-state index in [1.54, 1.807) is 13.8 Å². The molecule has 0 saturated heterocycles. The molecule has 7 nitrogen and oxygen atoms in total. The van der Waals surface area contributed by atoms with Gasteiger partial charge in [0.15, 0.2) is 0 Å². The molecule has 1 amide bonds. The van der Waals surface area contributed by atoms with E-state index in [2.05, 4.69) is 15.2 Å². The first-order chi connectivity index (χ1) is 13.7. The number of halogens is 2. The standard InChI is InChI=1S/C19H17Cl2N3O4S/c1-11-16(12(2)28-23-11)10-22-19(25)13-3-6-15(7-4-13)24-29(26,27)18-9-14(20)5-8-17(18)21/h3-9,24H,10H2,1-2H3,(H,22,25). The SMILES string of the molecule is Cc1noc(C)c1CNC(=O)c1ccc(NS(=O)(=O)c2cc(Cl)ccc2Cl)cc1. The number of rotatable bonds is 6. The summed E-state index contributed by atoms with van der Waals surface area (Å²) in [6, 6.07) is 10.2. The fraction of sp³-hybridized carbons (Fsp3) is 0.158. The number of carbonyl (C=O) groups excluding carboxylic acids is 1. The zero-order chi connectivity index (χ0) is 21.2. The smallest absolute Gasteiger partial charge is 0.263 e. The van der Waals surface area contributed by atoms with Crippen molar-refractivity contribution >= 4 is 44.8 Å². The molecular weight excluding hydrogens is 437 g/mol. The van der Waals surface area contributed by atoms with Crippen LogP contribution in [0.2, 0.25) is 10.0 Å². The Hall–Kier alpha value is -2.55. The fourth-order valence-corrected chi connectivity index (χ4v) is 4.43. The van der Waals surface area contributed by atoms with Gasteiger partial charge in [0.05, 0.1) is 10.7 Å². The predicted molar refractivity (Wildman–Crippen MR) is 111 cm³/mol. The predicted octanol–water partition coefficient (Wildman–Crippen LogP) is 4.33. The fourth-order valence-electron chi connectivity index (χ4n) is 2.61. The lowest BCUT2D eigenvalue weighted by Gasteiger charge is -2.11. The first-order valence-electron chi connectivity index (χ1n) is 8.45. The summed E-state index contributed by atoms with van der Waals surface area (Å²) in [5.41, 5.74) is 2.19. The third-order valence-corrected chi connectivity index (χ3v) is 6.29. The van der Waals surface area contributed by atoms with Gasteiger partial charge in [0.25, 0.3) is 15.9 Å². The van der Waals surface area contributed by atoms with Crippen LogP contribution in [0.25, 0.3) is 0 Å². The van der Waals surface area contributed by atoms with Gasteiger partial charge < -0.3 is 9.84 Å². The molecule has 1 aromatic heterocycles. The Kier molecular flexibility index (Phi) is 6.16. The number of aromatic nitrogens is 1. The molecule has 0 unspecified atom stereocenters. The van der Waals surface area contributed by atoms with Crippen molar-refractivity contribution < 1.29 is 17.7 Å². The minimum absolute atomic E-state index is 0.0530. The normalized spacial score (nSPS) is 11.3. The Morgan fingerprint density at radius 3 is 2.41 bits per heavy atom. The average molecular weight is 454 g/mol. The molecule has 2 aromatic carbocycles. The summed E-state index contributed by atoms with van der Waals surface area (Å²) >= 11 is 11.8. The van der Waals surface area contributed by atoms with Crippen molar-refractivity contribution in [2.45, 2.75) is 25.3 Å². The summed E-state index contributed by atoms with van der Waals surface area (Å²) in [5.74, 6) is 0.338. The summed E-state index contributed by atoms with van der Waals surface area (Å²) in [6.07, 6.45) is 0. The zero-order valence-corrected chi connectivity index (χ0v) is 17.8. The van der Waals surface area contributed by atoms with Crippen molar-refractivity contribution in [1.29, 1.82) is 0 Å². The molecule has 0 atom stereocenters. The van der Waals surface area contributed by atoms with Gasteiger partial charge >= 0.3 is 0 Å². The Morgan fingerprint density at radius 2 is 1.79 bits per heavy atom. The summed E-state index contributed by atoms with van der Waals surface area (Å²) in [4.78, 5) is 12.2. The summed E-state index contributed by atoms with van der Waals surface area (Å²) < 4.78 is 32.6. The van der Waals surface area contributed by atoms with Crippen LogP contribution in [-0.2, 0) is 16.6 Å². The lowest BCUT2D eigenvalue weighted by atomic mass is 10.1. The minimum atomic E-state index is -3.93. The van der Waals surface area contributed by atoms with E-state index >= 15 is 0 Å². The molecule has 2 N–H and O–H groups in total. The zero-order valence-electron chi connectivity index (χ0n) is 15.5. The number of hydrogen-bond acceptors (Lipinski definition) is 5. The number of nitrogens with zero attached hydrogens (tertiary/aromatic N) is 1. The van der Waals surface area contributed by atoms with Gasteiger partial charge in [-0.05, 0) is 56.3 Å². The molecule has 29 heavy (non-hydrogen) atoms. The van der Waals surface area contributed by atoms with Gasteiger partial charge in [0, 0.05) is 28.4 Å². The first-order valence-corrected chi connectivity index (χ1v) is 10.7. The van der Waals surface area contributed by atoms with Gasteiger partial charge in [-0.2, -0.15) is 0 Å². The molecule has 0 saturated carbocycles. The molecule has 152 valence electrons. The quantitative estimate of drug-likeness (QED) is 0.578. The van der Waals surface area contributed by atoms with Gasteiger partial charge in [-0.15, -0.1) is 0 Å². The second-order valence-electron chi connectivity index (χ2n) is 6.24. The number of benzene rings is 2. The number of aryl methyl sites for hydroxylation is 2. The minimum Gasteiger partial charge on any atom is -0.361 e. The number of sulfonamides is 1. The van der Waals surface area contributed by atoms with Crippen LogP contribution in [0.4, 0.5) is 5.69 Å². The first kappa shape index (κ1) is 21.2. The van der Waals surface area contributed by atoms with Crippen molar-refractivity contribution in [2.75, 3.05) is 4.72 Å². The van der Waals surface area contributed by atoms with E-state index in [0.29, 0.717) is 17.0 Å². The third-order valence-electron chi connectivity index (χ3n) is 4.19. The highest BCUT2D eigenvalue weighted by atomic mass is 35.5. The molecule has 0 aliphatic carbocycles.